The third-order valence-corrected chi connectivity index (χ3v) is 4.43. The zero-order chi connectivity index (χ0) is 13.5. The van der Waals surface area contributed by atoms with Crippen LogP contribution in [0.2, 0.25) is 4.34 Å². The van der Waals surface area contributed by atoms with Crippen molar-refractivity contribution < 1.29 is 14.3 Å². The number of nitrogens with one attached hydrogen (secondary N) is 1. The minimum atomic E-state index is -0.612. The molecule has 18 heavy (non-hydrogen) atoms. The second-order valence-electron chi connectivity index (χ2n) is 3.51. The highest BCUT2D eigenvalue weighted by atomic mass is 35.5. The summed E-state index contributed by atoms with van der Waals surface area (Å²) < 4.78 is 5.26. The van der Waals surface area contributed by atoms with Gasteiger partial charge in [-0.1, -0.05) is 11.6 Å². The number of hydrogen-bond acceptors (Lipinski definition) is 5. The number of amides is 1. The van der Waals surface area contributed by atoms with Crippen LogP contribution in [0.25, 0.3) is 0 Å². The van der Waals surface area contributed by atoms with E-state index in [4.69, 9.17) is 11.6 Å². The Labute approximate surface area is 119 Å². The van der Waals surface area contributed by atoms with Crippen molar-refractivity contribution in [1.29, 1.82) is 0 Å². The summed E-state index contributed by atoms with van der Waals surface area (Å²) in [6.07, 6.45) is 0. The molecule has 0 spiro atoms. The minimum absolute atomic E-state index is 0.180. The van der Waals surface area contributed by atoms with E-state index in [1.807, 2.05) is 12.1 Å². The van der Waals surface area contributed by atoms with E-state index in [0.29, 0.717) is 5.75 Å². The van der Waals surface area contributed by atoms with Gasteiger partial charge in [0.05, 0.1) is 17.2 Å². The zero-order valence-corrected chi connectivity index (χ0v) is 12.5. The fourth-order valence-electron chi connectivity index (χ4n) is 1.19. The molecule has 0 bridgehead atoms. The Kier molecular flexibility index (Phi) is 6.52. The van der Waals surface area contributed by atoms with Gasteiger partial charge in [0.15, 0.2) is 0 Å². The summed E-state index contributed by atoms with van der Waals surface area (Å²) in [5.41, 5.74) is 0. The molecule has 1 aromatic heterocycles. The van der Waals surface area contributed by atoms with E-state index in [1.54, 1.807) is 6.92 Å². The van der Waals surface area contributed by atoms with Crippen LogP contribution in [0, 0.1) is 0 Å². The molecule has 0 fully saturated rings. The summed E-state index contributed by atoms with van der Waals surface area (Å²) in [5, 5.41) is 2.57. The Balaban J connectivity index is 2.23. The van der Waals surface area contributed by atoms with E-state index >= 15 is 0 Å². The van der Waals surface area contributed by atoms with Crippen LogP contribution in [0.4, 0.5) is 0 Å². The molecular weight excluding hydrogens is 294 g/mol. The first-order valence-corrected chi connectivity index (χ1v) is 7.57. The van der Waals surface area contributed by atoms with Crippen molar-refractivity contribution in [1.82, 2.24) is 5.32 Å². The fourth-order valence-corrected chi connectivity index (χ4v) is 3.23. The molecule has 0 aliphatic heterocycles. The van der Waals surface area contributed by atoms with Crippen molar-refractivity contribution in [2.75, 3.05) is 12.9 Å². The van der Waals surface area contributed by atoms with Crippen LogP contribution >= 0.6 is 34.7 Å². The number of hydrogen-bond donors (Lipinski definition) is 1. The molecule has 4 nitrogen and oxygen atoms in total. The molecule has 1 aromatic rings. The van der Waals surface area contributed by atoms with E-state index in [1.165, 1.54) is 30.2 Å². The van der Waals surface area contributed by atoms with E-state index in [9.17, 15) is 9.59 Å². The van der Waals surface area contributed by atoms with Gasteiger partial charge in [-0.15, -0.1) is 23.1 Å². The molecule has 1 rings (SSSR count). The SMILES string of the molecule is COC(=O)C(C)NC(=O)CSCc1ccc(Cl)s1. The molecular formula is C11H14ClNO3S2. The lowest BCUT2D eigenvalue weighted by Crippen LogP contribution is -2.40. The molecule has 1 N–H and O–H groups in total. The van der Waals surface area contributed by atoms with Crippen molar-refractivity contribution in [2.24, 2.45) is 0 Å². The van der Waals surface area contributed by atoms with Gasteiger partial charge in [0, 0.05) is 10.6 Å². The Hall–Kier alpha value is -0.720. The van der Waals surface area contributed by atoms with Crippen molar-refractivity contribution in [3.63, 3.8) is 0 Å². The monoisotopic (exact) mass is 307 g/mol. The molecule has 0 aliphatic rings. The number of carbonyl (C=O) groups is 2. The predicted molar refractivity (Wildman–Crippen MR) is 75.1 cm³/mol. The largest absolute Gasteiger partial charge is 0.467 e. The lowest BCUT2D eigenvalue weighted by atomic mass is 10.3. The first-order valence-electron chi connectivity index (χ1n) is 5.22. The third kappa shape index (κ3) is 5.29. The second kappa shape index (κ2) is 7.66. The standard InChI is InChI=1S/C11H14ClNO3S2/c1-7(11(15)16-2)13-10(14)6-17-5-8-3-4-9(12)18-8/h3-4,7H,5-6H2,1-2H3,(H,13,14). The molecule has 0 saturated carbocycles. The summed E-state index contributed by atoms with van der Waals surface area (Å²) in [6, 6.07) is 3.16. The molecule has 0 saturated heterocycles. The number of methoxy groups -OCH3 is 1. The van der Waals surface area contributed by atoms with Crippen molar-refractivity contribution in [3.05, 3.63) is 21.3 Å². The summed E-state index contributed by atoms with van der Waals surface area (Å²) in [5.74, 6) is 0.410. The minimum Gasteiger partial charge on any atom is -0.467 e. The number of thiophene rings is 1. The van der Waals surface area contributed by atoms with E-state index in [2.05, 4.69) is 10.1 Å². The molecule has 100 valence electrons. The molecule has 7 heteroatoms. The number of ether oxygens (including phenoxy) is 1. The second-order valence-corrected chi connectivity index (χ2v) is 6.30. The summed E-state index contributed by atoms with van der Waals surface area (Å²) in [6.45, 7) is 1.59. The average Bonchev–Trinajstić information content (AvgIpc) is 2.73. The Bertz CT molecular complexity index is 422. The van der Waals surface area contributed by atoms with Gasteiger partial charge in [-0.3, -0.25) is 4.79 Å². The normalized spacial score (nSPS) is 11.9. The molecule has 1 amide bonds. The van der Waals surface area contributed by atoms with Gasteiger partial charge in [0.25, 0.3) is 0 Å². The van der Waals surface area contributed by atoms with Gasteiger partial charge in [-0.05, 0) is 19.1 Å². The van der Waals surface area contributed by atoms with E-state index < -0.39 is 12.0 Å². The molecule has 0 radical (unpaired) electrons. The van der Waals surface area contributed by atoms with Crippen molar-refractivity contribution >= 4 is 46.6 Å². The molecule has 1 heterocycles. The van der Waals surface area contributed by atoms with Gasteiger partial charge in [-0.2, -0.15) is 0 Å². The number of carbonyl (C=O) groups excluding carboxylic acids is 2. The van der Waals surface area contributed by atoms with Crippen LogP contribution in [0.3, 0.4) is 0 Å². The van der Waals surface area contributed by atoms with E-state index in [0.717, 1.165) is 15.0 Å². The maximum atomic E-state index is 11.5. The average molecular weight is 308 g/mol. The van der Waals surface area contributed by atoms with Crippen LogP contribution in [0.5, 0.6) is 0 Å². The third-order valence-electron chi connectivity index (χ3n) is 2.04. The van der Waals surface area contributed by atoms with Crippen LogP contribution < -0.4 is 5.32 Å². The number of halogens is 1. The molecule has 1 atom stereocenters. The first kappa shape index (κ1) is 15.3. The first-order chi connectivity index (χ1) is 8.52. The van der Waals surface area contributed by atoms with Crippen LogP contribution in [0.15, 0.2) is 12.1 Å². The van der Waals surface area contributed by atoms with Gasteiger partial charge in [-0.25, -0.2) is 4.79 Å². The molecule has 1 unspecified atom stereocenters. The Morgan fingerprint density at radius 3 is 2.83 bits per heavy atom. The van der Waals surface area contributed by atoms with Crippen molar-refractivity contribution in [2.45, 2.75) is 18.7 Å². The van der Waals surface area contributed by atoms with Gasteiger partial charge >= 0.3 is 5.97 Å². The number of rotatable bonds is 6. The highest BCUT2D eigenvalue weighted by molar-refractivity contribution is 7.99. The molecule has 0 aliphatic carbocycles. The van der Waals surface area contributed by atoms with Gasteiger partial charge < -0.3 is 10.1 Å². The van der Waals surface area contributed by atoms with Crippen LogP contribution in [0.1, 0.15) is 11.8 Å². The number of esters is 1. The van der Waals surface area contributed by atoms with Crippen LogP contribution in [-0.4, -0.2) is 30.8 Å². The number of thioether (sulfide) groups is 1. The summed E-state index contributed by atoms with van der Waals surface area (Å²) in [4.78, 5) is 23.7. The fraction of sp³-hybridized carbons (Fsp3) is 0.455. The Morgan fingerprint density at radius 2 is 2.28 bits per heavy atom. The quantitative estimate of drug-likeness (QED) is 0.820. The smallest absolute Gasteiger partial charge is 0.328 e. The lowest BCUT2D eigenvalue weighted by molar-refractivity contribution is -0.144. The summed E-state index contributed by atoms with van der Waals surface area (Å²) in [7, 11) is 1.29. The van der Waals surface area contributed by atoms with Gasteiger partial charge in [0.2, 0.25) is 5.91 Å². The maximum absolute atomic E-state index is 11.5. The Morgan fingerprint density at radius 1 is 1.56 bits per heavy atom. The maximum Gasteiger partial charge on any atom is 0.328 e. The van der Waals surface area contributed by atoms with Crippen LogP contribution in [-0.2, 0) is 20.1 Å². The zero-order valence-electron chi connectivity index (χ0n) is 10.1. The highest BCUT2D eigenvalue weighted by Gasteiger charge is 2.15. The lowest BCUT2D eigenvalue weighted by Gasteiger charge is -2.10. The van der Waals surface area contributed by atoms with Crippen molar-refractivity contribution in [3.8, 4) is 0 Å². The predicted octanol–water partition coefficient (Wildman–Crippen LogP) is 2.31. The van der Waals surface area contributed by atoms with E-state index in [-0.39, 0.29) is 5.91 Å². The highest BCUT2D eigenvalue weighted by Crippen LogP contribution is 2.24. The topological polar surface area (TPSA) is 55.4 Å². The molecule has 0 aromatic carbocycles. The summed E-state index contributed by atoms with van der Waals surface area (Å²) >= 11 is 8.78. The van der Waals surface area contributed by atoms with Gasteiger partial charge in [0.1, 0.15) is 6.04 Å².